The van der Waals surface area contributed by atoms with Crippen LogP contribution in [-0.4, -0.2) is 30.6 Å². The van der Waals surface area contributed by atoms with E-state index in [2.05, 4.69) is 10.1 Å². The Balaban J connectivity index is 1.55. The van der Waals surface area contributed by atoms with Crippen molar-refractivity contribution in [2.45, 2.75) is 38.6 Å². The molecule has 3 aromatic rings. The summed E-state index contributed by atoms with van der Waals surface area (Å²) in [6.45, 7) is 0.399. The molecule has 0 bridgehead atoms. The van der Waals surface area contributed by atoms with Gasteiger partial charge in [0.25, 0.3) is 5.91 Å². The van der Waals surface area contributed by atoms with Crippen LogP contribution < -0.4 is 10.2 Å². The molecule has 0 radical (unpaired) electrons. The van der Waals surface area contributed by atoms with Crippen LogP contribution in [0.2, 0.25) is 0 Å². The van der Waals surface area contributed by atoms with E-state index in [-0.39, 0.29) is 18.4 Å². The molecular formula is C27H25F3N2O3. The van der Waals surface area contributed by atoms with Gasteiger partial charge in [-0.2, -0.15) is 13.2 Å². The highest BCUT2D eigenvalue weighted by atomic mass is 19.4. The third-order valence-corrected chi connectivity index (χ3v) is 5.83. The van der Waals surface area contributed by atoms with E-state index in [4.69, 9.17) is 0 Å². The Morgan fingerprint density at radius 3 is 2.37 bits per heavy atom. The number of para-hydroxylation sites is 1. The fourth-order valence-electron chi connectivity index (χ4n) is 4.08. The van der Waals surface area contributed by atoms with Crippen LogP contribution in [0.15, 0.2) is 72.8 Å². The smallest absolute Gasteiger partial charge is 0.367 e. The number of benzene rings is 3. The van der Waals surface area contributed by atoms with Gasteiger partial charge in [-0.15, -0.1) is 0 Å². The van der Waals surface area contributed by atoms with Crippen LogP contribution in [0.25, 0.3) is 0 Å². The van der Waals surface area contributed by atoms with E-state index >= 15 is 0 Å². The van der Waals surface area contributed by atoms with E-state index in [9.17, 15) is 22.8 Å². The minimum Gasteiger partial charge on any atom is -0.367 e. The maximum atomic E-state index is 13.6. The number of amides is 2. The Morgan fingerprint density at radius 1 is 1.00 bits per heavy atom. The number of alkyl halides is 3. The van der Waals surface area contributed by atoms with Gasteiger partial charge in [0, 0.05) is 16.9 Å². The van der Waals surface area contributed by atoms with Crippen LogP contribution in [0, 0.1) is 6.92 Å². The third-order valence-electron chi connectivity index (χ3n) is 5.83. The first-order valence-corrected chi connectivity index (χ1v) is 11.2. The molecular weight excluding hydrogens is 457 g/mol. The Bertz CT molecular complexity index is 1190. The summed E-state index contributed by atoms with van der Waals surface area (Å²) in [6, 6.07) is 20.4. The van der Waals surface area contributed by atoms with Crippen molar-refractivity contribution in [3.8, 4) is 0 Å². The van der Waals surface area contributed by atoms with Crippen LogP contribution in [0.5, 0.6) is 0 Å². The highest BCUT2D eigenvalue weighted by molar-refractivity contribution is 6.12. The molecule has 0 aromatic heterocycles. The fraction of sp³-hybridized carbons (Fsp3) is 0.259. The number of hydrogen-bond donors (Lipinski definition) is 1. The zero-order valence-electron chi connectivity index (χ0n) is 19.1. The largest absolute Gasteiger partial charge is 0.411 e. The van der Waals surface area contributed by atoms with Gasteiger partial charge in [-0.05, 0) is 61.2 Å². The van der Waals surface area contributed by atoms with Gasteiger partial charge in [0.15, 0.2) is 0 Å². The number of fused-ring (bicyclic) bond motifs is 1. The van der Waals surface area contributed by atoms with Crippen LogP contribution in [0.3, 0.4) is 0 Å². The second kappa shape index (κ2) is 10.3. The molecule has 1 aliphatic heterocycles. The highest BCUT2D eigenvalue weighted by Gasteiger charge is 2.36. The fourth-order valence-corrected chi connectivity index (χ4v) is 4.08. The van der Waals surface area contributed by atoms with Gasteiger partial charge in [0.05, 0.1) is 6.61 Å². The second-order valence-corrected chi connectivity index (χ2v) is 8.52. The van der Waals surface area contributed by atoms with Gasteiger partial charge >= 0.3 is 6.18 Å². The van der Waals surface area contributed by atoms with Gasteiger partial charge in [-0.1, -0.05) is 48.0 Å². The average Bonchev–Trinajstić information content (AvgIpc) is 2.84. The summed E-state index contributed by atoms with van der Waals surface area (Å²) in [7, 11) is 0. The number of hydrogen-bond acceptors (Lipinski definition) is 3. The maximum Gasteiger partial charge on any atom is 0.411 e. The highest BCUT2D eigenvalue weighted by Crippen LogP contribution is 2.32. The summed E-state index contributed by atoms with van der Waals surface area (Å²) in [5.41, 5.74) is 4.20. The number of carbonyl (C=O) groups excluding carboxylic acids is 2. The van der Waals surface area contributed by atoms with E-state index in [1.165, 1.54) is 4.90 Å². The lowest BCUT2D eigenvalue weighted by Gasteiger charge is -2.36. The summed E-state index contributed by atoms with van der Waals surface area (Å²) in [4.78, 5) is 28.4. The number of ether oxygens (including phenoxy) is 1. The monoisotopic (exact) mass is 482 g/mol. The zero-order chi connectivity index (χ0) is 25.0. The van der Waals surface area contributed by atoms with Gasteiger partial charge in [-0.25, -0.2) is 0 Å². The molecule has 1 atom stereocenters. The first-order chi connectivity index (χ1) is 16.7. The Hall–Kier alpha value is -3.65. The molecule has 0 saturated carbocycles. The van der Waals surface area contributed by atoms with Crippen LogP contribution in [-0.2, 0) is 22.6 Å². The number of nitrogens with zero attached hydrogens (tertiary/aromatic N) is 1. The standard InChI is InChI=1S/C27H25F3N2O3/c1-18-6-13-22(14-7-18)31-25(33)24-15-12-20-4-2-3-5-23(20)32(24)26(34)21-10-8-19(9-11-21)16-35-17-27(28,29)30/h2-11,13-14,24H,12,15-17H2,1H3,(H,31,33). The predicted octanol–water partition coefficient (Wildman–Crippen LogP) is 5.67. The summed E-state index contributed by atoms with van der Waals surface area (Å²) in [5.74, 6) is -0.641. The minimum atomic E-state index is -4.40. The molecule has 0 aliphatic carbocycles. The van der Waals surface area contributed by atoms with Crippen molar-refractivity contribution in [2.75, 3.05) is 16.8 Å². The van der Waals surface area contributed by atoms with Crippen molar-refractivity contribution in [2.24, 2.45) is 0 Å². The molecule has 2 amide bonds. The lowest BCUT2D eigenvalue weighted by atomic mass is 9.94. The topological polar surface area (TPSA) is 58.6 Å². The number of aryl methyl sites for hydroxylation is 2. The number of halogens is 3. The summed E-state index contributed by atoms with van der Waals surface area (Å²) in [5, 5.41) is 2.91. The van der Waals surface area contributed by atoms with Crippen molar-refractivity contribution in [3.63, 3.8) is 0 Å². The second-order valence-electron chi connectivity index (χ2n) is 8.52. The molecule has 4 rings (SSSR count). The van der Waals surface area contributed by atoms with Crippen molar-refractivity contribution in [1.29, 1.82) is 0 Å². The zero-order valence-corrected chi connectivity index (χ0v) is 19.1. The number of nitrogens with one attached hydrogen (secondary N) is 1. The lowest BCUT2D eigenvalue weighted by molar-refractivity contribution is -0.176. The number of carbonyl (C=O) groups is 2. The first kappa shape index (κ1) is 24.5. The van der Waals surface area contributed by atoms with Crippen molar-refractivity contribution >= 4 is 23.2 Å². The van der Waals surface area contributed by atoms with Gasteiger partial charge in [-0.3, -0.25) is 14.5 Å². The van der Waals surface area contributed by atoms with Gasteiger partial charge < -0.3 is 10.1 Å². The van der Waals surface area contributed by atoms with Crippen molar-refractivity contribution in [1.82, 2.24) is 0 Å². The van der Waals surface area contributed by atoms with Crippen molar-refractivity contribution in [3.05, 3.63) is 95.1 Å². The lowest BCUT2D eigenvalue weighted by Crippen LogP contribution is -2.50. The normalized spacial score (nSPS) is 15.4. The van der Waals surface area contributed by atoms with E-state index in [1.54, 1.807) is 24.3 Å². The van der Waals surface area contributed by atoms with E-state index in [0.29, 0.717) is 35.3 Å². The molecule has 1 N–H and O–H groups in total. The summed E-state index contributed by atoms with van der Waals surface area (Å²) in [6.07, 6.45) is -3.28. The quantitative estimate of drug-likeness (QED) is 0.492. The summed E-state index contributed by atoms with van der Waals surface area (Å²) < 4.78 is 41.6. The number of anilines is 2. The first-order valence-electron chi connectivity index (χ1n) is 11.2. The van der Waals surface area contributed by atoms with E-state index < -0.39 is 18.8 Å². The molecule has 1 aliphatic rings. The van der Waals surface area contributed by atoms with Crippen molar-refractivity contribution < 1.29 is 27.5 Å². The van der Waals surface area contributed by atoms with E-state index in [1.807, 2.05) is 55.5 Å². The molecule has 35 heavy (non-hydrogen) atoms. The molecule has 3 aromatic carbocycles. The van der Waals surface area contributed by atoms with Crippen LogP contribution in [0.1, 0.15) is 33.5 Å². The molecule has 0 spiro atoms. The summed E-state index contributed by atoms with van der Waals surface area (Å²) >= 11 is 0. The van der Waals surface area contributed by atoms with Crippen LogP contribution in [0.4, 0.5) is 24.5 Å². The molecule has 5 nitrogen and oxygen atoms in total. The minimum absolute atomic E-state index is 0.220. The molecule has 8 heteroatoms. The third kappa shape index (κ3) is 6.08. The molecule has 0 saturated heterocycles. The molecule has 182 valence electrons. The van der Waals surface area contributed by atoms with E-state index in [0.717, 1.165) is 11.1 Å². The maximum absolute atomic E-state index is 13.6. The average molecular weight is 483 g/mol. The predicted molar refractivity (Wildman–Crippen MR) is 127 cm³/mol. The Labute approximate surface area is 201 Å². The molecule has 1 heterocycles. The van der Waals surface area contributed by atoms with Gasteiger partial charge in [0.2, 0.25) is 5.91 Å². The van der Waals surface area contributed by atoms with Crippen LogP contribution >= 0.6 is 0 Å². The SMILES string of the molecule is Cc1ccc(NC(=O)C2CCc3ccccc3N2C(=O)c2ccc(COCC(F)(F)F)cc2)cc1. The number of rotatable bonds is 6. The molecule has 1 unspecified atom stereocenters. The molecule has 0 fully saturated rings. The van der Waals surface area contributed by atoms with Gasteiger partial charge in [0.1, 0.15) is 12.6 Å². The Morgan fingerprint density at radius 2 is 1.69 bits per heavy atom. The Kier molecular flexibility index (Phi) is 7.21.